The highest BCUT2D eigenvalue weighted by Crippen LogP contribution is 2.49. The fourth-order valence-corrected chi connectivity index (χ4v) is 6.55. The van der Waals surface area contributed by atoms with E-state index in [4.69, 9.17) is 23.5 Å². The normalized spacial score (nSPS) is 30.0. The molecular weight excluding hydrogens is 474 g/mol. The van der Waals surface area contributed by atoms with Crippen molar-refractivity contribution in [2.75, 3.05) is 13.7 Å². The lowest BCUT2D eigenvalue weighted by atomic mass is 9.89. The minimum absolute atomic E-state index is 0.0197. The highest BCUT2D eigenvalue weighted by Gasteiger charge is 2.66. The number of hydrogen-bond donors (Lipinski definition) is 2. The average Bonchev–Trinajstić information content (AvgIpc) is 3.27. The second kappa shape index (κ2) is 8.30. The second-order valence-corrected chi connectivity index (χ2v) is 20.0. The van der Waals surface area contributed by atoms with Crippen LogP contribution in [0.5, 0.6) is 0 Å². The molecule has 0 radical (unpaired) electrons. The summed E-state index contributed by atoms with van der Waals surface area (Å²) in [6.45, 7) is 11.8. The van der Waals surface area contributed by atoms with E-state index in [1.807, 2.05) is 39.3 Å². The van der Waals surface area contributed by atoms with E-state index in [1.54, 1.807) is 0 Å². The maximum atomic E-state index is 12.5. The number of aromatic nitrogens is 3. The molecule has 2 aliphatic rings. The zero-order valence-electron chi connectivity index (χ0n) is 19.3. The maximum Gasteiger partial charge on any atom is 0.292 e. The number of nitrogens with two attached hydrogens (primary N) is 1. The van der Waals surface area contributed by atoms with Crippen LogP contribution in [0.15, 0.2) is 17.3 Å². The fraction of sp³-hybridized carbons (Fsp3) is 0.706. The first-order valence-electron chi connectivity index (χ1n) is 10.1. The van der Waals surface area contributed by atoms with E-state index >= 15 is 0 Å². The van der Waals surface area contributed by atoms with Gasteiger partial charge in [-0.15, -0.1) is 5.10 Å². The molecule has 3 heterocycles. The molecule has 3 rings (SSSR count). The van der Waals surface area contributed by atoms with Crippen molar-refractivity contribution < 1.29 is 31.0 Å². The zero-order chi connectivity index (χ0) is 24.1. The van der Waals surface area contributed by atoms with Crippen LogP contribution in [0.2, 0.25) is 39.3 Å². The molecule has 1 saturated heterocycles. The molecule has 0 saturated carbocycles. The van der Waals surface area contributed by atoms with Crippen LogP contribution >= 0.6 is 0 Å². The number of nitrogens with zero attached hydrogens (tertiary/aromatic N) is 3. The van der Waals surface area contributed by atoms with E-state index in [0.29, 0.717) is 0 Å². The summed E-state index contributed by atoms with van der Waals surface area (Å²) in [5, 5.41) is 11.3. The summed E-state index contributed by atoms with van der Waals surface area (Å²) in [6.07, 6.45) is -1.71. The number of carbonyl (C=O) groups excluding carboxylic acids is 1. The molecule has 4 atom stereocenters. The standard InChI is InChI=1S/C17H31N5O7SSi2/c1-19-15(23)11-8-20-21-22(11)16-14(28-32(5,6)7)17(12(18)10-30(24,25)29-17)13(27-16)9-26-31(2,3)4/h8,10,13-14,16H,9,18H2,1-7H3,(H,19,23)/t13-,14+,16-,17?/m1/s1. The minimum atomic E-state index is -4.09. The Morgan fingerprint density at radius 3 is 2.44 bits per heavy atom. The SMILES string of the molecule is CNC(=O)c1cnnn1[C@@H]1O[C@H](CO[Si](C)(C)C)C2(OS(=O)(=O)C=C2N)[C@H]1O[Si](C)(C)C. The lowest BCUT2D eigenvalue weighted by Gasteiger charge is -2.37. The summed E-state index contributed by atoms with van der Waals surface area (Å²) in [4.78, 5) is 12.4. The molecule has 0 aliphatic carbocycles. The Kier molecular flexibility index (Phi) is 6.49. The van der Waals surface area contributed by atoms with Crippen LogP contribution in [0.25, 0.3) is 0 Å². The molecule has 32 heavy (non-hydrogen) atoms. The zero-order valence-corrected chi connectivity index (χ0v) is 22.1. The van der Waals surface area contributed by atoms with Gasteiger partial charge in [-0.05, 0) is 39.3 Å². The molecule has 12 nitrogen and oxygen atoms in total. The van der Waals surface area contributed by atoms with Gasteiger partial charge in [0.1, 0.15) is 17.9 Å². The van der Waals surface area contributed by atoms with Crippen molar-refractivity contribution in [1.82, 2.24) is 20.3 Å². The van der Waals surface area contributed by atoms with Crippen LogP contribution < -0.4 is 11.1 Å². The van der Waals surface area contributed by atoms with Crippen molar-refractivity contribution in [1.29, 1.82) is 0 Å². The Morgan fingerprint density at radius 1 is 1.28 bits per heavy atom. The molecule has 3 N–H and O–H groups in total. The Labute approximate surface area is 189 Å². The predicted molar refractivity (Wildman–Crippen MR) is 120 cm³/mol. The van der Waals surface area contributed by atoms with Gasteiger partial charge in [-0.25, -0.2) is 8.86 Å². The summed E-state index contributed by atoms with van der Waals surface area (Å²) in [7, 11) is -6.95. The van der Waals surface area contributed by atoms with Gasteiger partial charge < -0.3 is 24.6 Å². The van der Waals surface area contributed by atoms with Gasteiger partial charge in [-0.1, -0.05) is 5.21 Å². The summed E-state index contributed by atoms with van der Waals surface area (Å²) in [6, 6.07) is 0. The van der Waals surface area contributed by atoms with Crippen LogP contribution in [-0.4, -0.2) is 77.4 Å². The smallest absolute Gasteiger partial charge is 0.292 e. The molecule has 1 aromatic heterocycles. The van der Waals surface area contributed by atoms with Crippen molar-refractivity contribution in [3.05, 3.63) is 23.0 Å². The number of ether oxygens (including phenoxy) is 1. The van der Waals surface area contributed by atoms with Gasteiger partial charge in [0.25, 0.3) is 16.0 Å². The Balaban J connectivity index is 2.15. The third-order valence-corrected chi connectivity index (χ3v) is 7.91. The number of hydrogen-bond acceptors (Lipinski definition) is 10. The van der Waals surface area contributed by atoms with Crippen molar-refractivity contribution in [2.45, 2.75) is 63.3 Å². The molecule has 0 aromatic carbocycles. The molecule has 15 heteroatoms. The lowest BCUT2D eigenvalue weighted by molar-refractivity contribution is -0.0592. The maximum absolute atomic E-state index is 12.5. The third kappa shape index (κ3) is 4.83. The first kappa shape index (κ1) is 25.0. The average molecular weight is 506 g/mol. The van der Waals surface area contributed by atoms with Gasteiger partial charge in [-0.3, -0.25) is 4.79 Å². The van der Waals surface area contributed by atoms with Crippen molar-refractivity contribution in [3.8, 4) is 0 Å². The van der Waals surface area contributed by atoms with Crippen molar-refractivity contribution >= 4 is 32.7 Å². The molecule has 180 valence electrons. The van der Waals surface area contributed by atoms with Crippen molar-refractivity contribution in [3.63, 3.8) is 0 Å². The molecule has 2 aliphatic heterocycles. The summed E-state index contributed by atoms with van der Waals surface area (Å²) in [5.74, 6) is -0.440. The molecular formula is C17H31N5O7SSi2. The Morgan fingerprint density at radius 2 is 1.94 bits per heavy atom. The van der Waals surface area contributed by atoms with Crippen LogP contribution in [0.3, 0.4) is 0 Å². The van der Waals surface area contributed by atoms with E-state index in [1.165, 1.54) is 17.9 Å². The number of nitrogens with one attached hydrogen (secondary N) is 1. The summed E-state index contributed by atoms with van der Waals surface area (Å²) < 4.78 is 50.5. The second-order valence-electron chi connectivity index (χ2n) is 9.67. The molecule has 1 spiro atoms. The predicted octanol–water partition coefficient (Wildman–Crippen LogP) is 0.506. The van der Waals surface area contributed by atoms with E-state index in [0.717, 1.165) is 5.41 Å². The monoisotopic (exact) mass is 505 g/mol. The van der Waals surface area contributed by atoms with Crippen molar-refractivity contribution in [2.24, 2.45) is 5.73 Å². The largest absolute Gasteiger partial charge is 0.415 e. The number of rotatable bonds is 7. The summed E-state index contributed by atoms with van der Waals surface area (Å²) in [5.41, 5.74) is 4.67. The van der Waals surface area contributed by atoms with E-state index in [2.05, 4.69) is 15.6 Å². The molecule has 1 fully saturated rings. The van der Waals surface area contributed by atoms with Crippen LogP contribution in [0, 0.1) is 0 Å². The van der Waals surface area contributed by atoms with Crippen LogP contribution in [0.1, 0.15) is 16.7 Å². The topological polar surface area (TPSA) is 157 Å². The van der Waals surface area contributed by atoms with Gasteiger partial charge in [0.2, 0.25) is 0 Å². The summed E-state index contributed by atoms with van der Waals surface area (Å²) >= 11 is 0. The lowest BCUT2D eigenvalue weighted by Crippen LogP contribution is -2.57. The highest BCUT2D eigenvalue weighted by molar-refractivity contribution is 7.90. The highest BCUT2D eigenvalue weighted by atomic mass is 32.2. The minimum Gasteiger partial charge on any atom is -0.415 e. The first-order chi connectivity index (χ1) is 14.6. The Hall–Kier alpha value is -1.63. The van der Waals surface area contributed by atoms with Gasteiger partial charge in [0, 0.05) is 7.05 Å². The van der Waals surface area contributed by atoms with Gasteiger partial charge in [-0.2, -0.15) is 8.42 Å². The fourth-order valence-electron chi connectivity index (χ4n) is 3.62. The van der Waals surface area contributed by atoms with E-state index in [-0.39, 0.29) is 18.0 Å². The first-order valence-corrected chi connectivity index (χ1v) is 18.4. The molecule has 1 unspecified atom stereocenters. The van der Waals surface area contributed by atoms with Crippen LogP contribution in [0.4, 0.5) is 0 Å². The van der Waals surface area contributed by atoms with Gasteiger partial charge >= 0.3 is 0 Å². The molecule has 0 bridgehead atoms. The molecule has 1 amide bonds. The van der Waals surface area contributed by atoms with Crippen LogP contribution in [-0.2, 0) is 27.9 Å². The number of amides is 1. The van der Waals surface area contributed by atoms with E-state index < -0.39 is 56.7 Å². The third-order valence-electron chi connectivity index (χ3n) is 4.86. The Bertz CT molecular complexity index is 1020. The number of carbonyl (C=O) groups is 1. The van der Waals surface area contributed by atoms with E-state index in [9.17, 15) is 13.2 Å². The van der Waals surface area contributed by atoms with Gasteiger partial charge in [0.05, 0.1) is 23.9 Å². The molecule has 1 aromatic rings. The quantitative estimate of drug-likeness (QED) is 0.395. The van der Waals surface area contributed by atoms with Gasteiger partial charge in [0.15, 0.2) is 28.5 Å².